The number of fused-ring (bicyclic) bond motifs is 1. The molecule has 0 aliphatic heterocycles. The molecule has 182 valence electrons. The minimum atomic E-state index is -4.87. The number of nitrogens with one attached hydrogen (secondary N) is 1. The maximum atomic E-state index is 13.2. The molecule has 0 radical (unpaired) electrons. The zero-order valence-corrected chi connectivity index (χ0v) is 19.7. The third kappa shape index (κ3) is 4.56. The summed E-state index contributed by atoms with van der Waals surface area (Å²) in [7, 11) is 0. The Morgan fingerprint density at radius 1 is 1.00 bits per heavy atom. The summed E-state index contributed by atoms with van der Waals surface area (Å²) in [6, 6.07) is 8.20. The Balaban J connectivity index is 1.90. The largest absolute Gasteiger partial charge is 0.573 e. The van der Waals surface area contributed by atoms with Crippen molar-refractivity contribution in [3.8, 4) is 16.9 Å². The van der Waals surface area contributed by atoms with E-state index in [-0.39, 0.29) is 28.7 Å². The Bertz CT molecular complexity index is 1360. The molecular weight excluding hydrogens is 449 g/mol. The van der Waals surface area contributed by atoms with Crippen molar-refractivity contribution in [3.05, 3.63) is 73.6 Å². The highest BCUT2D eigenvalue weighted by Crippen LogP contribution is 2.48. The van der Waals surface area contributed by atoms with Crippen LogP contribution in [0.3, 0.4) is 0 Å². The summed E-state index contributed by atoms with van der Waals surface area (Å²) < 4.78 is 49.6. The molecule has 0 atom stereocenters. The highest BCUT2D eigenvalue weighted by atomic mass is 19.4. The lowest BCUT2D eigenvalue weighted by Crippen LogP contribution is -2.34. The van der Waals surface area contributed by atoms with Crippen molar-refractivity contribution in [2.24, 2.45) is 0 Å². The number of aromatic nitrogens is 2. The van der Waals surface area contributed by atoms with E-state index in [0.717, 1.165) is 28.7 Å². The number of halogens is 3. The molecule has 0 bridgehead atoms. The van der Waals surface area contributed by atoms with Crippen LogP contribution in [0, 0.1) is 6.92 Å². The average molecular weight is 476 g/mol. The van der Waals surface area contributed by atoms with Crippen LogP contribution in [-0.4, -0.2) is 16.1 Å². The van der Waals surface area contributed by atoms with Gasteiger partial charge in [0, 0.05) is 5.56 Å². The van der Waals surface area contributed by atoms with Gasteiger partial charge in [0.05, 0.1) is 6.54 Å². The van der Waals surface area contributed by atoms with Gasteiger partial charge in [-0.1, -0.05) is 39.8 Å². The lowest BCUT2D eigenvalue weighted by atomic mass is 9.62. The average Bonchev–Trinajstić information content (AvgIpc) is 3.02. The SMILES string of the molecule is Cc1cc2c(cc1-c1cc(Cn3oc(=O)[nH]c3=O)ccc1OC(F)(F)F)C(C)(C)CCC2(C)C. The number of aryl methyl sites for hydroxylation is 1. The van der Waals surface area contributed by atoms with Gasteiger partial charge in [-0.05, 0) is 76.6 Å². The molecule has 0 saturated carbocycles. The van der Waals surface area contributed by atoms with Gasteiger partial charge in [-0.25, -0.2) is 14.6 Å². The summed E-state index contributed by atoms with van der Waals surface area (Å²) in [5, 5.41) is 0. The van der Waals surface area contributed by atoms with E-state index in [0.29, 0.717) is 11.1 Å². The zero-order valence-electron chi connectivity index (χ0n) is 19.7. The standard InChI is InChI=1S/C25H27F3N2O4/c1-14-10-18-19(24(4,5)9-8-23(18,2)3)12-16(14)17-11-15(6-7-20(17)33-25(26,27)28)13-30-21(31)29-22(32)34-30/h6-7,10-12H,8-9,13H2,1-5H3,(H,29,31,32). The van der Waals surface area contributed by atoms with Crippen LogP contribution in [0.15, 0.2) is 44.4 Å². The van der Waals surface area contributed by atoms with E-state index >= 15 is 0 Å². The summed E-state index contributed by atoms with van der Waals surface area (Å²) in [5.41, 5.74) is 3.53. The number of benzene rings is 2. The highest BCUT2D eigenvalue weighted by molar-refractivity contribution is 5.76. The van der Waals surface area contributed by atoms with Gasteiger partial charge in [0.15, 0.2) is 0 Å². The summed E-state index contributed by atoms with van der Waals surface area (Å²) in [6.07, 6.45) is -2.90. The fourth-order valence-electron chi connectivity index (χ4n) is 4.70. The molecule has 0 unspecified atom stereocenters. The van der Waals surface area contributed by atoms with Crippen LogP contribution in [0.25, 0.3) is 11.1 Å². The molecule has 0 spiro atoms. The quantitative estimate of drug-likeness (QED) is 0.547. The van der Waals surface area contributed by atoms with Crippen LogP contribution in [-0.2, 0) is 17.4 Å². The molecule has 1 heterocycles. The van der Waals surface area contributed by atoms with E-state index in [1.807, 2.05) is 18.0 Å². The third-order valence-electron chi connectivity index (χ3n) is 6.71. The van der Waals surface area contributed by atoms with Crippen molar-refractivity contribution in [3.63, 3.8) is 0 Å². The smallest absolute Gasteiger partial charge is 0.405 e. The number of ether oxygens (including phenoxy) is 1. The van der Waals surface area contributed by atoms with Crippen LogP contribution in [0.1, 0.15) is 62.8 Å². The predicted octanol–water partition coefficient (Wildman–Crippen LogP) is 5.40. The number of H-pyrrole nitrogens is 1. The molecule has 0 fully saturated rings. The van der Waals surface area contributed by atoms with E-state index in [9.17, 15) is 22.8 Å². The van der Waals surface area contributed by atoms with Crippen LogP contribution in [0.2, 0.25) is 0 Å². The van der Waals surface area contributed by atoms with Crippen molar-refractivity contribution in [1.82, 2.24) is 9.72 Å². The first kappa shape index (κ1) is 23.9. The molecule has 0 amide bonds. The lowest BCUT2D eigenvalue weighted by Gasteiger charge is -2.42. The van der Waals surface area contributed by atoms with Gasteiger partial charge in [-0.2, -0.15) is 0 Å². The fourth-order valence-corrected chi connectivity index (χ4v) is 4.70. The van der Waals surface area contributed by atoms with Gasteiger partial charge in [0.25, 0.3) is 0 Å². The Hall–Kier alpha value is -3.23. The summed E-state index contributed by atoms with van der Waals surface area (Å²) >= 11 is 0. The number of rotatable bonds is 4. The highest BCUT2D eigenvalue weighted by Gasteiger charge is 2.38. The first-order chi connectivity index (χ1) is 15.7. The molecule has 9 heteroatoms. The van der Waals surface area contributed by atoms with E-state index < -0.39 is 17.8 Å². The molecule has 34 heavy (non-hydrogen) atoms. The number of hydrogen-bond acceptors (Lipinski definition) is 4. The molecule has 2 aromatic carbocycles. The summed E-state index contributed by atoms with van der Waals surface area (Å²) in [6.45, 7) is 10.4. The lowest BCUT2D eigenvalue weighted by molar-refractivity contribution is -0.274. The molecule has 1 N–H and O–H groups in total. The topological polar surface area (TPSA) is 77.2 Å². The second-order valence-electron chi connectivity index (χ2n) is 10.2. The molecule has 1 aromatic heterocycles. The van der Waals surface area contributed by atoms with E-state index in [1.165, 1.54) is 23.8 Å². The Morgan fingerprint density at radius 2 is 1.62 bits per heavy atom. The molecule has 3 aromatic rings. The van der Waals surface area contributed by atoms with Crippen molar-refractivity contribution in [2.75, 3.05) is 0 Å². The van der Waals surface area contributed by atoms with Crippen molar-refractivity contribution in [1.29, 1.82) is 0 Å². The van der Waals surface area contributed by atoms with Gasteiger partial charge < -0.3 is 9.26 Å². The molecule has 1 aliphatic carbocycles. The maximum absolute atomic E-state index is 13.2. The summed E-state index contributed by atoms with van der Waals surface area (Å²) in [5.74, 6) is -1.24. The van der Waals surface area contributed by atoms with Crippen LogP contribution in [0.5, 0.6) is 5.75 Å². The first-order valence-electron chi connectivity index (χ1n) is 11.0. The zero-order chi connectivity index (χ0) is 25.1. The van der Waals surface area contributed by atoms with Gasteiger partial charge in [-0.15, -0.1) is 17.9 Å². The second kappa shape index (κ2) is 7.92. The Morgan fingerprint density at radius 3 is 2.18 bits per heavy atom. The normalized spacial score (nSPS) is 16.8. The fraction of sp³-hybridized carbons (Fsp3) is 0.440. The molecule has 4 rings (SSSR count). The number of nitrogens with zero attached hydrogens (tertiary/aromatic N) is 1. The van der Waals surface area contributed by atoms with Gasteiger partial charge in [0.1, 0.15) is 5.75 Å². The van der Waals surface area contributed by atoms with Gasteiger partial charge in [0.2, 0.25) is 0 Å². The monoisotopic (exact) mass is 476 g/mol. The van der Waals surface area contributed by atoms with Gasteiger partial charge in [-0.3, -0.25) is 0 Å². The third-order valence-corrected chi connectivity index (χ3v) is 6.71. The van der Waals surface area contributed by atoms with E-state index in [2.05, 4.69) is 38.5 Å². The molecule has 0 saturated heterocycles. The first-order valence-corrected chi connectivity index (χ1v) is 11.0. The van der Waals surface area contributed by atoms with Crippen molar-refractivity contribution in [2.45, 2.75) is 71.2 Å². The Labute approximate surface area is 194 Å². The minimum Gasteiger partial charge on any atom is -0.405 e. The summed E-state index contributed by atoms with van der Waals surface area (Å²) in [4.78, 5) is 25.1. The van der Waals surface area contributed by atoms with Crippen LogP contribution >= 0.6 is 0 Å². The molecule has 1 aliphatic rings. The van der Waals surface area contributed by atoms with Gasteiger partial charge >= 0.3 is 17.8 Å². The minimum absolute atomic E-state index is 0.0473. The Kier molecular flexibility index (Phi) is 5.57. The predicted molar refractivity (Wildman–Crippen MR) is 121 cm³/mol. The number of aromatic amines is 1. The van der Waals surface area contributed by atoms with Crippen molar-refractivity contribution < 1.29 is 22.4 Å². The number of alkyl halides is 3. The second-order valence-corrected chi connectivity index (χ2v) is 10.2. The molecule has 6 nitrogen and oxygen atoms in total. The van der Waals surface area contributed by atoms with Crippen molar-refractivity contribution >= 4 is 0 Å². The van der Waals surface area contributed by atoms with Crippen LogP contribution in [0.4, 0.5) is 13.2 Å². The maximum Gasteiger partial charge on any atom is 0.573 e. The van der Waals surface area contributed by atoms with Crippen LogP contribution < -0.4 is 16.2 Å². The van der Waals surface area contributed by atoms with E-state index in [4.69, 9.17) is 4.52 Å². The number of hydrogen-bond donors (Lipinski definition) is 1. The molecular formula is C25H27F3N2O4. The van der Waals surface area contributed by atoms with E-state index in [1.54, 1.807) is 0 Å².